The van der Waals surface area contributed by atoms with Gasteiger partial charge in [-0.3, -0.25) is 4.79 Å². The Kier molecular flexibility index (Phi) is 7.58. The quantitative estimate of drug-likeness (QED) is 0.625. The molecule has 2 rings (SSSR count). The number of hydrogen-bond acceptors (Lipinski definition) is 4. The minimum Gasteiger partial charge on any atom is -0.490 e. The molecule has 1 N–H and O–H groups in total. The van der Waals surface area contributed by atoms with E-state index in [9.17, 15) is 4.79 Å². The van der Waals surface area contributed by atoms with Crippen molar-refractivity contribution in [3.63, 3.8) is 0 Å². The van der Waals surface area contributed by atoms with Crippen molar-refractivity contribution >= 4 is 17.5 Å². The Morgan fingerprint density at radius 1 is 1.04 bits per heavy atom. The maximum Gasteiger partial charge on any atom is 0.264 e. The van der Waals surface area contributed by atoms with Gasteiger partial charge in [0.15, 0.2) is 17.1 Å². The molecule has 1 amide bonds. The number of benzene rings is 2. The molecular formula is C22H28ClNO4. The van der Waals surface area contributed by atoms with Crippen LogP contribution in [0.2, 0.25) is 5.02 Å². The average Bonchev–Trinajstić information content (AvgIpc) is 2.65. The monoisotopic (exact) mass is 405 g/mol. The average molecular weight is 406 g/mol. The van der Waals surface area contributed by atoms with E-state index in [1.54, 1.807) is 38.1 Å². The van der Waals surface area contributed by atoms with Crippen molar-refractivity contribution in [1.29, 1.82) is 0 Å². The third-order valence-electron chi connectivity index (χ3n) is 4.15. The van der Waals surface area contributed by atoms with Crippen molar-refractivity contribution in [2.45, 2.75) is 46.3 Å². The summed E-state index contributed by atoms with van der Waals surface area (Å²) in [6, 6.07) is 12.4. The number of amides is 1. The van der Waals surface area contributed by atoms with Crippen molar-refractivity contribution < 1.29 is 19.0 Å². The Morgan fingerprint density at radius 3 is 2.25 bits per heavy atom. The predicted molar refractivity (Wildman–Crippen MR) is 111 cm³/mol. The van der Waals surface area contributed by atoms with Crippen molar-refractivity contribution in [2.75, 3.05) is 13.2 Å². The van der Waals surface area contributed by atoms with E-state index >= 15 is 0 Å². The highest BCUT2D eigenvalue weighted by atomic mass is 35.5. The van der Waals surface area contributed by atoms with E-state index in [2.05, 4.69) is 5.32 Å². The van der Waals surface area contributed by atoms with E-state index in [0.717, 1.165) is 5.56 Å². The van der Waals surface area contributed by atoms with Crippen molar-refractivity contribution in [2.24, 2.45) is 0 Å². The van der Waals surface area contributed by atoms with Crippen LogP contribution in [0.15, 0.2) is 42.5 Å². The van der Waals surface area contributed by atoms with Gasteiger partial charge in [-0.2, -0.15) is 0 Å². The van der Waals surface area contributed by atoms with Crippen LogP contribution < -0.4 is 19.5 Å². The molecule has 0 bridgehead atoms. The smallest absolute Gasteiger partial charge is 0.264 e. The molecular weight excluding hydrogens is 378 g/mol. The van der Waals surface area contributed by atoms with Gasteiger partial charge in [0.2, 0.25) is 0 Å². The van der Waals surface area contributed by atoms with Crippen LogP contribution in [0.4, 0.5) is 0 Å². The minimum atomic E-state index is -1.05. The number of carbonyl (C=O) groups excluding carboxylic acids is 1. The second kappa shape index (κ2) is 9.69. The Balaban J connectivity index is 2.09. The van der Waals surface area contributed by atoms with E-state index in [4.69, 9.17) is 25.8 Å². The maximum atomic E-state index is 12.8. The molecule has 0 aliphatic carbocycles. The molecule has 152 valence electrons. The second-order valence-corrected chi connectivity index (χ2v) is 7.27. The zero-order valence-corrected chi connectivity index (χ0v) is 17.8. The molecule has 0 unspecified atom stereocenters. The summed E-state index contributed by atoms with van der Waals surface area (Å²) in [5.74, 6) is 1.72. The minimum absolute atomic E-state index is 0.221. The molecule has 0 saturated carbocycles. The molecule has 0 heterocycles. The lowest BCUT2D eigenvalue weighted by atomic mass is 10.0. The lowest BCUT2D eigenvalue weighted by Crippen LogP contribution is -2.47. The fourth-order valence-corrected chi connectivity index (χ4v) is 2.76. The van der Waals surface area contributed by atoms with Crippen LogP contribution in [0.5, 0.6) is 17.2 Å². The van der Waals surface area contributed by atoms with Crippen molar-refractivity contribution in [1.82, 2.24) is 5.32 Å². The molecule has 0 aliphatic rings. The zero-order chi connectivity index (χ0) is 20.7. The Labute approximate surface area is 171 Å². The van der Waals surface area contributed by atoms with Gasteiger partial charge in [-0.1, -0.05) is 17.7 Å². The van der Waals surface area contributed by atoms with Gasteiger partial charge in [-0.15, -0.1) is 0 Å². The molecule has 1 atom stereocenters. The standard InChI is InChI=1S/C22H28ClNO4/c1-6-26-19-13-8-16(14-20(19)27-7-2)15(3)24-21(25)22(4,5)28-18-11-9-17(23)10-12-18/h8-15H,6-7H2,1-5H3,(H,24,25)/t15-/m1/s1. The highest BCUT2D eigenvalue weighted by molar-refractivity contribution is 6.30. The third-order valence-corrected chi connectivity index (χ3v) is 4.40. The van der Waals surface area contributed by atoms with Gasteiger partial charge >= 0.3 is 0 Å². The molecule has 0 aromatic heterocycles. The fourth-order valence-electron chi connectivity index (χ4n) is 2.63. The van der Waals surface area contributed by atoms with Crippen LogP contribution in [-0.2, 0) is 4.79 Å². The van der Waals surface area contributed by atoms with Gasteiger partial charge in [0.1, 0.15) is 5.75 Å². The normalized spacial score (nSPS) is 12.2. The Morgan fingerprint density at radius 2 is 1.64 bits per heavy atom. The summed E-state index contributed by atoms with van der Waals surface area (Å²) in [7, 11) is 0. The largest absolute Gasteiger partial charge is 0.490 e. The van der Waals surface area contributed by atoms with Crippen LogP contribution >= 0.6 is 11.6 Å². The van der Waals surface area contributed by atoms with Crippen LogP contribution in [-0.4, -0.2) is 24.7 Å². The van der Waals surface area contributed by atoms with Crippen LogP contribution in [0.25, 0.3) is 0 Å². The molecule has 5 nitrogen and oxygen atoms in total. The van der Waals surface area contributed by atoms with Crippen molar-refractivity contribution in [3.8, 4) is 17.2 Å². The summed E-state index contributed by atoms with van der Waals surface area (Å²) in [6.07, 6.45) is 0. The van der Waals surface area contributed by atoms with Gasteiger partial charge in [0, 0.05) is 5.02 Å². The highest BCUT2D eigenvalue weighted by Gasteiger charge is 2.31. The van der Waals surface area contributed by atoms with Crippen LogP contribution in [0, 0.1) is 0 Å². The molecule has 0 radical (unpaired) electrons. The molecule has 2 aromatic carbocycles. The van der Waals surface area contributed by atoms with Crippen LogP contribution in [0.3, 0.4) is 0 Å². The summed E-state index contributed by atoms with van der Waals surface area (Å²) >= 11 is 5.89. The lowest BCUT2D eigenvalue weighted by molar-refractivity contribution is -0.134. The number of hydrogen-bond donors (Lipinski definition) is 1. The van der Waals surface area contributed by atoms with Gasteiger partial charge in [-0.25, -0.2) is 0 Å². The molecule has 28 heavy (non-hydrogen) atoms. The SMILES string of the molecule is CCOc1ccc([C@@H](C)NC(=O)C(C)(C)Oc2ccc(Cl)cc2)cc1OCC. The first kappa shape index (κ1) is 21.9. The van der Waals surface area contributed by atoms with E-state index < -0.39 is 5.60 Å². The van der Waals surface area contributed by atoms with E-state index in [1.807, 2.05) is 39.0 Å². The molecule has 0 fully saturated rings. The maximum absolute atomic E-state index is 12.8. The van der Waals surface area contributed by atoms with Gasteiger partial charge < -0.3 is 19.5 Å². The summed E-state index contributed by atoms with van der Waals surface area (Å²) in [5, 5.41) is 3.62. The lowest BCUT2D eigenvalue weighted by Gasteiger charge is -2.27. The van der Waals surface area contributed by atoms with Crippen LogP contribution in [0.1, 0.15) is 46.2 Å². The molecule has 0 saturated heterocycles. The number of ether oxygens (including phenoxy) is 3. The topological polar surface area (TPSA) is 56.8 Å². The molecule has 0 spiro atoms. The molecule has 6 heteroatoms. The van der Waals surface area contributed by atoms with Gasteiger partial charge in [0.25, 0.3) is 5.91 Å². The van der Waals surface area contributed by atoms with Gasteiger partial charge in [-0.05, 0) is 76.6 Å². The summed E-state index contributed by atoms with van der Waals surface area (Å²) in [6.45, 7) is 10.3. The first-order valence-corrected chi connectivity index (χ1v) is 9.79. The van der Waals surface area contributed by atoms with E-state index in [-0.39, 0.29) is 11.9 Å². The Bertz CT molecular complexity index is 790. The second-order valence-electron chi connectivity index (χ2n) is 6.83. The summed E-state index contributed by atoms with van der Waals surface area (Å²) in [5.41, 5.74) is -0.127. The first-order valence-electron chi connectivity index (χ1n) is 9.42. The Hall–Kier alpha value is -2.40. The fraction of sp³-hybridized carbons (Fsp3) is 0.409. The zero-order valence-electron chi connectivity index (χ0n) is 17.0. The van der Waals surface area contributed by atoms with Gasteiger partial charge in [0.05, 0.1) is 19.3 Å². The highest BCUT2D eigenvalue weighted by Crippen LogP contribution is 2.31. The first-order chi connectivity index (χ1) is 13.3. The third kappa shape index (κ3) is 5.80. The molecule has 2 aromatic rings. The molecule has 0 aliphatic heterocycles. The number of carbonyl (C=O) groups is 1. The number of nitrogens with one attached hydrogen (secondary N) is 1. The van der Waals surface area contributed by atoms with E-state index in [0.29, 0.717) is 35.5 Å². The van der Waals surface area contributed by atoms with E-state index in [1.165, 1.54) is 0 Å². The number of halogens is 1. The number of rotatable bonds is 9. The summed E-state index contributed by atoms with van der Waals surface area (Å²) in [4.78, 5) is 12.8. The summed E-state index contributed by atoms with van der Waals surface area (Å²) < 4.78 is 17.1. The van der Waals surface area contributed by atoms with Crippen molar-refractivity contribution in [3.05, 3.63) is 53.1 Å². The predicted octanol–water partition coefficient (Wildman–Crippen LogP) is 5.17.